The number of guanidine groups is 1. The van der Waals surface area contributed by atoms with Gasteiger partial charge in [0.05, 0.1) is 6.54 Å². The molecule has 0 saturated carbocycles. The van der Waals surface area contributed by atoms with Crippen LogP contribution in [-0.2, 0) is 6.42 Å². The molecule has 0 saturated heterocycles. The van der Waals surface area contributed by atoms with Gasteiger partial charge in [-0.15, -0.1) is 0 Å². The SMILES string of the molecule is CCNC(=NCCN(C)CC)NCCc1ccc(F)cc1. The highest BCUT2D eigenvalue weighted by molar-refractivity contribution is 5.79. The van der Waals surface area contributed by atoms with Crippen LogP contribution in [0.2, 0.25) is 0 Å². The lowest BCUT2D eigenvalue weighted by molar-refractivity contribution is 0.363. The number of nitrogens with one attached hydrogen (secondary N) is 2. The monoisotopic (exact) mass is 294 g/mol. The van der Waals surface area contributed by atoms with E-state index in [4.69, 9.17) is 0 Å². The van der Waals surface area contributed by atoms with Gasteiger partial charge in [-0.05, 0) is 44.6 Å². The molecule has 0 atom stereocenters. The van der Waals surface area contributed by atoms with Crippen LogP contribution >= 0.6 is 0 Å². The van der Waals surface area contributed by atoms with Crippen LogP contribution in [0, 0.1) is 5.82 Å². The van der Waals surface area contributed by atoms with E-state index in [1.165, 1.54) is 12.1 Å². The Bertz CT molecular complexity index is 417. The van der Waals surface area contributed by atoms with Gasteiger partial charge in [0, 0.05) is 19.6 Å². The Labute approximate surface area is 127 Å². The van der Waals surface area contributed by atoms with E-state index in [1.807, 2.05) is 12.1 Å². The number of benzene rings is 1. The predicted molar refractivity (Wildman–Crippen MR) is 87.3 cm³/mol. The van der Waals surface area contributed by atoms with Gasteiger partial charge in [-0.2, -0.15) is 0 Å². The van der Waals surface area contributed by atoms with Crippen LogP contribution < -0.4 is 10.6 Å². The molecule has 0 amide bonds. The Morgan fingerprint density at radius 2 is 1.90 bits per heavy atom. The van der Waals surface area contributed by atoms with Crippen molar-refractivity contribution in [1.29, 1.82) is 0 Å². The van der Waals surface area contributed by atoms with Crippen LogP contribution in [0.25, 0.3) is 0 Å². The number of hydrogen-bond donors (Lipinski definition) is 2. The van der Waals surface area contributed by atoms with E-state index in [1.54, 1.807) is 0 Å². The van der Waals surface area contributed by atoms with Crippen LogP contribution in [0.1, 0.15) is 19.4 Å². The van der Waals surface area contributed by atoms with Gasteiger partial charge in [-0.3, -0.25) is 4.99 Å². The van der Waals surface area contributed by atoms with Gasteiger partial charge < -0.3 is 15.5 Å². The molecule has 1 aromatic rings. The third kappa shape index (κ3) is 7.66. The third-order valence-electron chi connectivity index (χ3n) is 3.26. The second-order valence-electron chi connectivity index (χ2n) is 4.96. The van der Waals surface area contributed by atoms with Crippen molar-refractivity contribution >= 4 is 5.96 Å². The summed E-state index contributed by atoms with van der Waals surface area (Å²) in [5.41, 5.74) is 1.12. The molecule has 0 heterocycles. The average molecular weight is 294 g/mol. The highest BCUT2D eigenvalue weighted by Crippen LogP contribution is 2.02. The molecular formula is C16H27FN4. The largest absolute Gasteiger partial charge is 0.357 e. The number of aliphatic imine (C=N–C) groups is 1. The maximum Gasteiger partial charge on any atom is 0.191 e. The highest BCUT2D eigenvalue weighted by atomic mass is 19.1. The number of nitrogens with zero attached hydrogens (tertiary/aromatic N) is 2. The lowest BCUT2D eigenvalue weighted by Gasteiger charge is -2.14. The van der Waals surface area contributed by atoms with Gasteiger partial charge in [0.2, 0.25) is 0 Å². The second-order valence-corrected chi connectivity index (χ2v) is 4.96. The summed E-state index contributed by atoms with van der Waals surface area (Å²) in [7, 11) is 2.09. The minimum atomic E-state index is -0.193. The first kappa shape index (κ1) is 17.4. The number of rotatable bonds is 8. The molecule has 0 aromatic heterocycles. The lowest BCUT2D eigenvalue weighted by atomic mass is 10.1. The molecule has 118 valence electrons. The van der Waals surface area contributed by atoms with Gasteiger partial charge in [0.1, 0.15) is 5.82 Å². The minimum absolute atomic E-state index is 0.193. The molecule has 1 aromatic carbocycles. The Hall–Kier alpha value is -1.62. The van der Waals surface area contributed by atoms with Gasteiger partial charge in [0.25, 0.3) is 0 Å². The predicted octanol–water partition coefficient (Wildman–Crippen LogP) is 1.87. The van der Waals surface area contributed by atoms with Gasteiger partial charge in [0.15, 0.2) is 5.96 Å². The van der Waals surface area contributed by atoms with Gasteiger partial charge in [-0.25, -0.2) is 4.39 Å². The number of likely N-dealkylation sites (N-methyl/N-ethyl adjacent to an activating group) is 1. The summed E-state index contributed by atoms with van der Waals surface area (Å²) >= 11 is 0. The van der Waals surface area contributed by atoms with Crippen molar-refractivity contribution in [2.45, 2.75) is 20.3 Å². The fourth-order valence-electron chi connectivity index (χ4n) is 1.81. The van der Waals surface area contributed by atoms with Crippen molar-refractivity contribution in [3.63, 3.8) is 0 Å². The molecule has 0 aliphatic rings. The lowest BCUT2D eigenvalue weighted by Crippen LogP contribution is -2.38. The molecule has 0 spiro atoms. The maximum atomic E-state index is 12.8. The first-order valence-electron chi connectivity index (χ1n) is 7.60. The van der Waals surface area contributed by atoms with Gasteiger partial charge >= 0.3 is 0 Å². The minimum Gasteiger partial charge on any atom is -0.357 e. The average Bonchev–Trinajstić information content (AvgIpc) is 2.49. The maximum absolute atomic E-state index is 12.8. The van der Waals surface area contributed by atoms with Crippen LogP contribution in [0.15, 0.2) is 29.3 Å². The highest BCUT2D eigenvalue weighted by Gasteiger charge is 1.99. The Balaban J connectivity index is 2.36. The van der Waals surface area contributed by atoms with Crippen molar-refractivity contribution in [3.8, 4) is 0 Å². The molecular weight excluding hydrogens is 267 g/mol. The van der Waals surface area contributed by atoms with Crippen molar-refractivity contribution in [1.82, 2.24) is 15.5 Å². The summed E-state index contributed by atoms with van der Waals surface area (Å²) in [6.07, 6.45) is 0.847. The summed E-state index contributed by atoms with van der Waals surface area (Å²) in [5.74, 6) is 0.644. The van der Waals surface area contributed by atoms with Crippen molar-refractivity contribution in [3.05, 3.63) is 35.6 Å². The van der Waals surface area contributed by atoms with Crippen LogP contribution in [0.5, 0.6) is 0 Å². The van der Waals surface area contributed by atoms with E-state index in [2.05, 4.69) is 41.4 Å². The van der Waals surface area contributed by atoms with Gasteiger partial charge in [-0.1, -0.05) is 19.1 Å². The molecule has 0 radical (unpaired) electrons. The van der Waals surface area contributed by atoms with E-state index >= 15 is 0 Å². The normalized spacial score (nSPS) is 11.8. The van der Waals surface area contributed by atoms with E-state index in [0.717, 1.165) is 50.7 Å². The zero-order chi connectivity index (χ0) is 15.5. The smallest absolute Gasteiger partial charge is 0.191 e. The molecule has 21 heavy (non-hydrogen) atoms. The Morgan fingerprint density at radius 3 is 2.52 bits per heavy atom. The van der Waals surface area contributed by atoms with E-state index < -0.39 is 0 Å². The summed E-state index contributed by atoms with van der Waals surface area (Å²) in [6.45, 7) is 8.56. The molecule has 0 bridgehead atoms. The summed E-state index contributed by atoms with van der Waals surface area (Å²) < 4.78 is 12.8. The van der Waals surface area contributed by atoms with Crippen molar-refractivity contribution < 1.29 is 4.39 Å². The summed E-state index contributed by atoms with van der Waals surface area (Å²) in [5, 5.41) is 6.53. The molecule has 0 aliphatic carbocycles. The van der Waals surface area contributed by atoms with Crippen LogP contribution in [0.4, 0.5) is 4.39 Å². The molecule has 5 heteroatoms. The molecule has 2 N–H and O–H groups in total. The number of halogens is 1. The molecule has 4 nitrogen and oxygen atoms in total. The van der Waals surface area contributed by atoms with E-state index in [-0.39, 0.29) is 5.82 Å². The summed E-state index contributed by atoms with van der Waals surface area (Å²) in [4.78, 5) is 6.77. The standard InChI is InChI=1S/C16H27FN4/c1-4-18-16(20-12-13-21(3)5-2)19-11-10-14-6-8-15(17)9-7-14/h6-9H,4-5,10-13H2,1-3H3,(H2,18,19,20). The molecule has 0 unspecified atom stereocenters. The molecule has 0 fully saturated rings. The zero-order valence-corrected chi connectivity index (χ0v) is 13.3. The van der Waals surface area contributed by atoms with Crippen LogP contribution in [0.3, 0.4) is 0 Å². The Morgan fingerprint density at radius 1 is 1.19 bits per heavy atom. The summed E-state index contributed by atoms with van der Waals surface area (Å²) in [6, 6.07) is 6.62. The quantitative estimate of drug-likeness (QED) is 0.568. The van der Waals surface area contributed by atoms with Crippen LogP contribution in [-0.4, -0.2) is 50.6 Å². The first-order valence-corrected chi connectivity index (χ1v) is 7.60. The molecule has 1 rings (SSSR count). The second kappa shape index (κ2) is 10.2. The zero-order valence-electron chi connectivity index (χ0n) is 13.3. The third-order valence-corrected chi connectivity index (χ3v) is 3.26. The number of hydrogen-bond acceptors (Lipinski definition) is 2. The van der Waals surface area contributed by atoms with E-state index in [9.17, 15) is 4.39 Å². The fraction of sp³-hybridized carbons (Fsp3) is 0.562. The topological polar surface area (TPSA) is 39.7 Å². The van der Waals surface area contributed by atoms with Crippen molar-refractivity contribution in [2.75, 3.05) is 39.8 Å². The Kier molecular flexibility index (Phi) is 8.43. The fourth-order valence-corrected chi connectivity index (χ4v) is 1.81. The molecule has 0 aliphatic heterocycles. The van der Waals surface area contributed by atoms with E-state index in [0.29, 0.717) is 0 Å². The van der Waals surface area contributed by atoms with Crippen molar-refractivity contribution in [2.24, 2.45) is 4.99 Å². The first-order chi connectivity index (χ1) is 10.2.